The zero-order valence-corrected chi connectivity index (χ0v) is 13.0. The fraction of sp³-hybridized carbons (Fsp3) is 0.625. The van der Waals surface area contributed by atoms with Gasteiger partial charge in [0.25, 0.3) is 0 Å². The van der Waals surface area contributed by atoms with Gasteiger partial charge in [-0.2, -0.15) is 0 Å². The minimum Gasteiger partial charge on any atom is -0.376 e. The summed E-state index contributed by atoms with van der Waals surface area (Å²) < 4.78 is 32.8. The summed E-state index contributed by atoms with van der Waals surface area (Å²) in [6.07, 6.45) is -0.173. The quantitative estimate of drug-likeness (QED) is 0.851. The first-order valence-corrected chi connectivity index (χ1v) is 7.10. The zero-order valence-electron chi connectivity index (χ0n) is 13.0. The molecule has 0 aliphatic heterocycles. The van der Waals surface area contributed by atoms with Crippen LogP contribution in [0.4, 0.5) is 8.78 Å². The van der Waals surface area contributed by atoms with Gasteiger partial charge in [-0.05, 0) is 36.6 Å². The first kappa shape index (κ1) is 17.1. The molecule has 2 atom stereocenters. The van der Waals surface area contributed by atoms with Gasteiger partial charge in [0, 0.05) is 12.7 Å². The fourth-order valence-electron chi connectivity index (χ4n) is 2.40. The van der Waals surface area contributed by atoms with Crippen LogP contribution in [0.3, 0.4) is 0 Å². The Balaban J connectivity index is 3.19. The van der Waals surface area contributed by atoms with Crippen LogP contribution in [0.2, 0.25) is 0 Å². The van der Waals surface area contributed by atoms with Crippen molar-refractivity contribution in [1.82, 2.24) is 5.32 Å². The maximum atomic E-state index is 13.5. The van der Waals surface area contributed by atoms with Crippen LogP contribution in [0.15, 0.2) is 18.2 Å². The van der Waals surface area contributed by atoms with E-state index in [9.17, 15) is 8.78 Å². The van der Waals surface area contributed by atoms with Gasteiger partial charge < -0.3 is 10.1 Å². The van der Waals surface area contributed by atoms with Crippen LogP contribution in [-0.4, -0.2) is 19.3 Å². The lowest BCUT2D eigenvalue weighted by molar-refractivity contribution is -0.0363. The second kappa shape index (κ2) is 7.14. The number of halogens is 2. The van der Waals surface area contributed by atoms with Gasteiger partial charge in [-0.25, -0.2) is 8.78 Å². The molecule has 1 rings (SSSR count). The molecular formula is C16H25F2NO. The number of ether oxygens (including phenoxy) is 1. The van der Waals surface area contributed by atoms with Gasteiger partial charge in [0.15, 0.2) is 0 Å². The van der Waals surface area contributed by atoms with E-state index in [-0.39, 0.29) is 17.6 Å². The third-order valence-electron chi connectivity index (χ3n) is 3.17. The minimum atomic E-state index is -0.563. The van der Waals surface area contributed by atoms with E-state index < -0.39 is 11.6 Å². The summed E-state index contributed by atoms with van der Waals surface area (Å²) in [5, 5.41) is 3.29. The monoisotopic (exact) mass is 285 g/mol. The summed E-state index contributed by atoms with van der Waals surface area (Å²) in [6.45, 7) is 11.3. The highest BCUT2D eigenvalue weighted by Gasteiger charge is 2.33. The molecule has 4 heteroatoms. The van der Waals surface area contributed by atoms with E-state index in [1.54, 1.807) is 0 Å². The maximum absolute atomic E-state index is 13.5. The normalized spacial score (nSPS) is 15.2. The van der Waals surface area contributed by atoms with E-state index in [0.717, 1.165) is 6.07 Å². The lowest BCUT2D eigenvalue weighted by Gasteiger charge is -2.37. The van der Waals surface area contributed by atoms with Crippen molar-refractivity contribution < 1.29 is 13.5 Å². The average molecular weight is 285 g/mol. The molecule has 0 aromatic heterocycles. The standard InChI is InChI=1S/C16H25F2NO/c1-6-19-14(15(20-7-2)16(3,4)5)11-8-12(17)10-13(18)9-11/h8-10,14-15,19H,6-7H2,1-5H3. The first-order valence-electron chi connectivity index (χ1n) is 7.10. The minimum absolute atomic E-state index is 0.147. The molecule has 2 unspecified atom stereocenters. The zero-order chi connectivity index (χ0) is 15.3. The van der Waals surface area contributed by atoms with Crippen LogP contribution in [0, 0.1) is 17.0 Å². The van der Waals surface area contributed by atoms with Crippen LogP contribution in [-0.2, 0) is 4.74 Å². The number of hydrogen-bond acceptors (Lipinski definition) is 2. The largest absolute Gasteiger partial charge is 0.376 e. The second-order valence-electron chi connectivity index (χ2n) is 5.98. The fourth-order valence-corrected chi connectivity index (χ4v) is 2.40. The second-order valence-corrected chi connectivity index (χ2v) is 5.98. The summed E-state index contributed by atoms with van der Waals surface area (Å²) in [4.78, 5) is 0. The van der Waals surface area contributed by atoms with Crippen LogP contribution in [0.25, 0.3) is 0 Å². The van der Waals surface area contributed by atoms with Crippen molar-refractivity contribution in [3.8, 4) is 0 Å². The molecule has 0 aliphatic rings. The molecule has 0 fully saturated rings. The van der Waals surface area contributed by atoms with Crippen molar-refractivity contribution in [2.24, 2.45) is 5.41 Å². The van der Waals surface area contributed by atoms with E-state index in [1.807, 2.05) is 13.8 Å². The Morgan fingerprint density at radius 2 is 1.65 bits per heavy atom. The van der Waals surface area contributed by atoms with Gasteiger partial charge in [-0.15, -0.1) is 0 Å². The number of rotatable bonds is 6. The summed E-state index contributed by atoms with van der Waals surface area (Å²) in [6, 6.07) is 3.38. The van der Waals surface area contributed by atoms with Crippen LogP contribution in [0.5, 0.6) is 0 Å². The van der Waals surface area contributed by atoms with Gasteiger partial charge in [-0.3, -0.25) is 0 Å². The SMILES string of the molecule is CCNC(c1cc(F)cc(F)c1)C(OCC)C(C)(C)C. The van der Waals surface area contributed by atoms with Crippen molar-refractivity contribution >= 4 is 0 Å². The highest BCUT2D eigenvalue weighted by molar-refractivity contribution is 5.23. The maximum Gasteiger partial charge on any atom is 0.126 e. The van der Waals surface area contributed by atoms with Crippen molar-refractivity contribution in [2.45, 2.75) is 46.8 Å². The predicted molar refractivity (Wildman–Crippen MR) is 77.6 cm³/mol. The van der Waals surface area contributed by atoms with Gasteiger partial charge in [0.2, 0.25) is 0 Å². The molecule has 0 radical (unpaired) electrons. The molecule has 0 aliphatic carbocycles. The molecule has 1 aromatic rings. The van der Waals surface area contributed by atoms with Gasteiger partial charge in [0.05, 0.1) is 12.1 Å². The third-order valence-corrected chi connectivity index (χ3v) is 3.17. The van der Waals surface area contributed by atoms with Crippen LogP contribution < -0.4 is 5.32 Å². The Kier molecular flexibility index (Phi) is 6.08. The summed E-state index contributed by atoms with van der Waals surface area (Å²) in [5.41, 5.74) is 0.434. The molecule has 2 nitrogen and oxygen atoms in total. The lowest BCUT2D eigenvalue weighted by atomic mass is 9.82. The van der Waals surface area contributed by atoms with E-state index in [4.69, 9.17) is 4.74 Å². The van der Waals surface area contributed by atoms with E-state index in [1.165, 1.54) is 12.1 Å². The highest BCUT2D eigenvalue weighted by Crippen LogP contribution is 2.33. The van der Waals surface area contributed by atoms with E-state index >= 15 is 0 Å². The van der Waals surface area contributed by atoms with Crippen LogP contribution >= 0.6 is 0 Å². The molecule has 0 spiro atoms. The highest BCUT2D eigenvalue weighted by atomic mass is 19.1. The van der Waals surface area contributed by atoms with E-state index in [0.29, 0.717) is 18.7 Å². The molecule has 1 aromatic carbocycles. The predicted octanol–water partition coefficient (Wildman–Crippen LogP) is 4.07. The number of benzene rings is 1. The summed E-state index contributed by atoms with van der Waals surface area (Å²) in [5.74, 6) is -1.13. The number of hydrogen-bond donors (Lipinski definition) is 1. The third kappa shape index (κ3) is 4.53. The molecule has 0 bridgehead atoms. The lowest BCUT2D eigenvalue weighted by Crippen LogP contribution is -2.42. The summed E-state index contributed by atoms with van der Waals surface area (Å²) in [7, 11) is 0. The Morgan fingerprint density at radius 3 is 2.05 bits per heavy atom. The molecule has 114 valence electrons. The first-order chi connectivity index (χ1) is 9.29. The molecule has 1 N–H and O–H groups in total. The van der Waals surface area contributed by atoms with Crippen molar-refractivity contribution in [3.05, 3.63) is 35.4 Å². The Labute approximate surface area is 120 Å². The topological polar surface area (TPSA) is 21.3 Å². The van der Waals surface area contributed by atoms with Gasteiger partial charge in [0.1, 0.15) is 11.6 Å². The van der Waals surface area contributed by atoms with Crippen LogP contribution in [0.1, 0.15) is 46.2 Å². The molecule has 0 saturated carbocycles. The Bertz CT molecular complexity index is 409. The van der Waals surface area contributed by atoms with Crippen molar-refractivity contribution in [2.75, 3.05) is 13.2 Å². The average Bonchev–Trinajstić information content (AvgIpc) is 2.31. The summed E-state index contributed by atoms with van der Waals surface area (Å²) >= 11 is 0. The number of nitrogens with one attached hydrogen (secondary N) is 1. The smallest absolute Gasteiger partial charge is 0.126 e. The van der Waals surface area contributed by atoms with Gasteiger partial charge in [-0.1, -0.05) is 27.7 Å². The number of likely N-dealkylation sites (N-methyl/N-ethyl adjacent to an activating group) is 1. The molecule has 0 heterocycles. The van der Waals surface area contributed by atoms with Crippen molar-refractivity contribution in [3.63, 3.8) is 0 Å². The molecular weight excluding hydrogens is 260 g/mol. The van der Waals surface area contributed by atoms with Gasteiger partial charge >= 0.3 is 0 Å². The molecule has 0 saturated heterocycles. The van der Waals surface area contributed by atoms with E-state index in [2.05, 4.69) is 26.1 Å². The van der Waals surface area contributed by atoms with Crippen molar-refractivity contribution in [1.29, 1.82) is 0 Å². The molecule has 20 heavy (non-hydrogen) atoms. The molecule has 0 amide bonds. The Hall–Kier alpha value is -1.00. The Morgan fingerprint density at radius 1 is 1.10 bits per heavy atom.